The molecule has 0 bridgehead atoms. The molecule has 0 unspecified atom stereocenters. The maximum atomic E-state index is 4.78. The third-order valence-corrected chi connectivity index (χ3v) is 7.07. The molecule has 0 aliphatic heterocycles. The molecule has 1 aliphatic rings. The van der Waals surface area contributed by atoms with E-state index in [1.165, 1.54) is 41.1 Å². The highest BCUT2D eigenvalue weighted by Crippen LogP contribution is 2.41. The van der Waals surface area contributed by atoms with Gasteiger partial charge in [0.2, 0.25) is 0 Å². The Bertz CT molecular complexity index is 543. The zero-order valence-electron chi connectivity index (χ0n) is 12.6. The van der Waals surface area contributed by atoms with Crippen molar-refractivity contribution in [3.63, 3.8) is 0 Å². The van der Waals surface area contributed by atoms with Gasteiger partial charge in [-0.1, -0.05) is 57.2 Å². The lowest BCUT2D eigenvalue weighted by Crippen LogP contribution is -2.27. The molecule has 1 fully saturated rings. The van der Waals surface area contributed by atoms with Gasteiger partial charge >= 0.3 is 0 Å². The molecular weight excluding hydrogens is 316 g/mol. The van der Waals surface area contributed by atoms with Gasteiger partial charge in [-0.05, 0) is 25.0 Å². The topological polar surface area (TPSA) is 16.1 Å². The molecule has 0 saturated heterocycles. The number of benzene rings is 1. The smallest absolute Gasteiger partial charge is 0.167 e. The lowest BCUT2D eigenvalue weighted by atomic mass is 9.96. The fraction of sp³-hybridized carbons (Fsp3) is 0.562. The Morgan fingerprint density at radius 2 is 1.95 bits per heavy atom. The van der Waals surface area contributed by atoms with Crippen LogP contribution in [0.25, 0.3) is 10.2 Å². The summed E-state index contributed by atoms with van der Waals surface area (Å²) in [6.45, 7) is 4.55. The highest BCUT2D eigenvalue weighted by molar-refractivity contribution is 8.13. The van der Waals surface area contributed by atoms with E-state index in [2.05, 4.69) is 41.8 Å². The molecule has 1 saturated carbocycles. The van der Waals surface area contributed by atoms with Gasteiger partial charge in [-0.25, -0.2) is 4.98 Å². The molecule has 2 nitrogen and oxygen atoms in total. The monoisotopic (exact) mass is 338 g/mol. The predicted octanol–water partition coefficient (Wildman–Crippen LogP) is 5.99. The zero-order valence-corrected chi connectivity index (χ0v) is 15.1. The van der Waals surface area contributed by atoms with Gasteiger partial charge in [-0.3, -0.25) is 0 Å². The van der Waals surface area contributed by atoms with Crippen molar-refractivity contribution in [2.45, 2.75) is 61.6 Å². The number of hydrogen-bond acceptors (Lipinski definition) is 5. The van der Waals surface area contributed by atoms with Crippen LogP contribution in [0.4, 0.5) is 0 Å². The quantitative estimate of drug-likeness (QED) is 0.622. The number of fused-ring (bicyclic) bond motifs is 1. The molecule has 0 amide bonds. The number of rotatable bonds is 5. The summed E-state index contributed by atoms with van der Waals surface area (Å²) in [7, 11) is 0. The Kier molecular flexibility index (Phi) is 5.49. The third-order valence-electron chi connectivity index (χ3n) is 3.63. The van der Waals surface area contributed by atoms with Crippen molar-refractivity contribution in [2.24, 2.45) is 0 Å². The van der Waals surface area contributed by atoms with E-state index in [1.807, 2.05) is 35.2 Å². The van der Waals surface area contributed by atoms with E-state index >= 15 is 0 Å². The lowest BCUT2D eigenvalue weighted by molar-refractivity contribution is 0.362. The number of aromatic nitrogens is 1. The third kappa shape index (κ3) is 4.15. The number of para-hydroxylation sites is 1. The highest BCUT2D eigenvalue weighted by Gasteiger charge is 2.24. The second kappa shape index (κ2) is 7.36. The fourth-order valence-corrected chi connectivity index (χ4v) is 6.50. The maximum absolute atomic E-state index is 4.78. The van der Waals surface area contributed by atoms with Gasteiger partial charge in [-0.15, -0.1) is 11.3 Å². The average Bonchev–Trinajstić information content (AvgIpc) is 2.89. The summed E-state index contributed by atoms with van der Waals surface area (Å²) in [5, 5.41) is 0.619. The molecule has 21 heavy (non-hydrogen) atoms. The molecule has 114 valence electrons. The summed E-state index contributed by atoms with van der Waals surface area (Å²) in [6, 6.07) is 9.13. The van der Waals surface area contributed by atoms with Crippen molar-refractivity contribution in [2.75, 3.05) is 0 Å². The van der Waals surface area contributed by atoms with Crippen molar-refractivity contribution in [3.8, 4) is 0 Å². The van der Waals surface area contributed by atoms with Gasteiger partial charge in [0.15, 0.2) is 4.34 Å². The maximum Gasteiger partial charge on any atom is 0.167 e. The van der Waals surface area contributed by atoms with Crippen LogP contribution < -0.4 is 0 Å². The predicted molar refractivity (Wildman–Crippen MR) is 96.9 cm³/mol. The van der Waals surface area contributed by atoms with Gasteiger partial charge in [0.25, 0.3) is 0 Å². The normalized spacial score (nSPS) is 17.1. The Balaban J connectivity index is 1.76. The van der Waals surface area contributed by atoms with E-state index in [4.69, 9.17) is 4.98 Å². The first-order valence-corrected chi connectivity index (χ1v) is 10.1. The van der Waals surface area contributed by atoms with E-state index in [1.54, 1.807) is 0 Å². The van der Waals surface area contributed by atoms with Gasteiger partial charge in [0, 0.05) is 23.2 Å². The van der Waals surface area contributed by atoms with E-state index in [0.29, 0.717) is 11.3 Å². The molecule has 1 aromatic heterocycles. The van der Waals surface area contributed by atoms with Crippen molar-refractivity contribution >= 4 is 45.4 Å². The molecular formula is C16H22N2S3. The first-order valence-electron chi connectivity index (χ1n) is 7.72. The molecule has 0 atom stereocenters. The van der Waals surface area contributed by atoms with Crippen LogP contribution in [0.5, 0.6) is 0 Å². The first-order chi connectivity index (χ1) is 10.2. The number of nitrogens with zero attached hydrogens (tertiary/aromatic N) is 2. The van der Waals surface area contributed by atoms with Crippen molar-refractivity contribution in [1.82, 2.24) is 8.69 Å². The van der Waals surface area contributed by atoms with E-state index in [-0.39, 0.29) is 0 Å². The van der Waals surface area contributed by atoms with Crippen LogP contribution in [0.2, 0.25) is 0 Å². The average molecular weight is 339 g/mol. The SMILES string of the molecule is CC(C)SN(Sc1nc2ccccc2s1)C1CCCCC1. The Morgan fingerprint density at radius 1 is 1.19 bits per heavy atom. The largest absolute Gasteiger partial charge is 0.228 e. The van der Waals surface area contributed by atoms with Crippen molar-refractivity contribution < 1.29 is 0 Å². The Hall–Kier alpha value is -0.230. The molecule has 5 heteroatoms. The van der Waals surface area contributed by atoms with Crippen LogP contribution in [-0.2, 0) is 0 Å². The summed E-state index contributed by atoms with van der Waals surface area (Å²) in [4.78, 5) is 4.78. The number of thiazole rings is 1. The standard InChI is InChI=1S/C16H22N2S3/c1-12(2)20-18(13-8-4-3-5-9-13)21-16-17-14-10-6-7-11-15(14)19-16/h6-7,10-13H,3-5,8-9H2,1-2H3. The van der Waals surface area contributed by atoms with Gasteiger partial charge in [0.1, 0.15) is 0 Å². The molecule has 1 aliphatic carbocycles. The molecule has 0 spiro atoms. The summed E-state index contributed by atoms with van der Waals surface area (Å²) in [6.07, 6.45) is 6.82. The van der Waals surface area contributed by atoms with Crippen molar-refractivity contribution in [1.29, 1.82) is 0 Å². The van der Waals surface area contributed by atoms with Crippen LogP contribution in [0.3, 0.4) is 0 Å². The van der Waals surface area contributed by atoms with Gasteiger partial charge in [0.05, 0.1) is 10.2 Å². The number of hydrogen-bond donors (Lipinski definition) is 0. The highest BCUT2D eigenvalue weighted by atomic mass is 32.2. The second-order valence-corrected chi connectivity index (χ2v) is 9.80. The van der Waals surface area contributed by atoms with Crippen LogP contribution in [0, 0.1) is 0 Å². The molecule has 2 aromatic rings. The molecule has 1 aromatic carbocycles. The van der Waals surface area contributed by atoms with Gasteiger partial charge in [-0.2, -0.15) is 3.71 Å². The van der Waals surface area contributed by atoms with E-state index in [0.717, 1.165) is 5.52 Å². The summed E-state index contributed by atoms with van der Waals surface area (Å²) in [5.41, 5.74) is 1.13. The van der Waals surface area contributed by atoms with Crippen LogP contribution in [0.15, 0.2) is 28.6 Å². The molecule has 0 radical (unpaired) electrons. The summed E-state index contributed by atoms with van der Waals surface area (Å²) >= 11 is 5.64. The molecule has 0 N–H and O–H groups in total. The molecule has 3 rings (SSSR count). The fourth-order valence-electron chi connectivity index (χ4n) is 2.65. The van der Waals surface area contributed by atoms with Crippen LogP contribution in [0.1, 0.15) is 46.0 Å². The minimum absolute atomic E-state index is 0.619. The Labute approximate surface area is 140 Å². The first kappa shape index (κ1) is 15.7. The van der Waals surface area contributed by atoms with Crippen LogP contribution in [-0.4, -0.2) is 20.0 Å². The molecule has 1 heterocycles. The van der Waals surface area contributed by atoms with E-state index < -0.39 is 0 Å². The van der Waals surface area contributed by atoms with Crippen LogP contribution >= 0.6 is 35.2 Å². The van der Waals surface area contributed by atoms with Gasteiger partial charge < -0.3 is 0 Å². The minimum atomic E-state index is 0.619. The van der Waals surface area contributed by atoms with E-state index in [9.17, 15) is 0 Å². The zero-order chi connectivity index (χ0) is 14.7. The second-order valence-electron chi connectivity index (χ2n) is 5.77. The Morgan fingerprint density at radius 3 is 2.67 bits per heavy atom. The summed E-state index contributed by atoms with van der Waals surface area (Å²) < 4.78 is 5.00. The lowest BCUT2D eigenvalue weighted by Gasteiger charge is -2.32. The van der Waals surface area contributed by atoms with Crippen molar-refractivity contribution in [3.05, 3.63) is 24.3 Å². The summed E-state index contributed by atoms with van der Waals surface area (Å²) in [5.74, 6) is 0. The minimum Gasteiger partial charge on any atom is -0.228 e.